The number of hydrogen-bond acceptors (Lipinski definition) is 4. The fraction of sp³-hybridized carbons (Fsp3) is 0.462. The SMILES string of the molecule is COCC(C)(C)NC(=O)c1ccc(OC(F)(F)F)c(N)c1. The van der Waals surface area contributed by atoms with Crippen LogP contribution in [0.15, 0.2) is 18.2 Å². The third kappa shape index (κ3) is 5.50. The summed E-state index contributed by atoms with van der Waals surface area (Å²) in [5, 5.41) is 2.69. The van der Waals surface area contributed by atoms with Crippen molar-refractivity contribution >= 4 is 11.6 Å². The standard InChI is InChI=1S/C13H17F3N2O3/c1-12(2,7-20-3)18-11(19)8-4-5-10(9(17)6-8)21-13(14,15)16/h4-6H,7,17H2,1-3H3,(H,18,19). The number of hydrogen-bond donors (Lipinski definition) is 2. The highest BCUT2D eigenvalue weighted by Gasteiger charge is 2.32. The van der Waals surface area contributed by atoms with Gasteiger partial charge in [0.1, 0.15) is 0 Å². The fourth-order valence-electron chi connectivity index (χ4n) is 1.68. The van der Waals surface area contributed by atoms with Gasteiger partial charge in [0.2, 0.25) is 0 Å². The molecule has 0 fully saturated rings. The quantitative estimate of drug-likeness (QED) is 0.819. The number of benzene rings is 1. The van der Waals surface area contributed by atoms with Gasteiger partial charge < -0.3 is 20.5 Å². The minimum absolute atomic E-state index is 0.131. The minimum Gasteiger partial charge on any atom is -0.404 e. The Morgan fingerprint density at radius 2 is 1.95 bits per heavy atom. The van der Waals surface area contributed by atoms with Crippen molar-refractivity contribution in [2.24, 2.45) is 0 Å². The summed E-state index contributed by atoms with van der Waals surface area (Å²) in [6.07, 6.45) is -4.83. The molecule has 0 saturated carbocycles. The number of nitrogens with two attached hydrogens (primary N) is 1. The van der Waals surface area contributed by atoms with Gasteiger partial charge in [-0.1, -0.05) is 0 Å². The minimum atomic E-state index is -4.83. The Morgan fingerprint density at radius 1 is 1.33 bits per heavy atom. The molecule has 5 nitrogen and oxygen atoms in total. The molecule has 8 heteroatoms. The van der Waals surface area contributed by atoms with E-state index in [-0.39, 0.29) is 17.9 Å². The molecule has 0 unspecified atom stereocenters. The van der Waals surface area contributed by atoms with E-state index in [0.717, 1.165) is 12.1 Å². The number of rotatable bonds is 5. The Bertz CT molecular complexity index is 516. The van der Waals surface area contributed by atoms with Gasteiger partial charge in [-0.25, -0.2) is 0 Å². The first-order chi connectivity index (χ1) is 9.54. The zero-order valence-corrected chi connectivity index (χ0v) is 11.9. The van der Waals surface area contributed by atoms with E-state index < -0.39 is 23.6 Å². The maximum absolute atomic E-state index is 12.1. The maximum atomic E-state index is 12.1. The van der Waals surface area contributed by atoms with E-state index in [1.54, 1.807) is 13.8 Å². The van der Waals surface area contributed by atoms with Crippen LogP contribution >= 0.6 is 0 Å². The summed E-state index contributed by atoms with van der Waals surface area (Å²) in [6.45, 7) is 3.78. The van der Waals surface area contributed by atoms with Crippen molar-refractivity contribution in [3.05, 3.63) is 23.8 Å². The predicted molar refractivity (Wildman–Crippen MR) is 71.0 cm³/mol. The van der Waals surface area contributed by atoms with Gasteiger partial charge in [0.15, 0.2) is 5.75 Å². The molecule has 0 aliphatic carbocycles. The average Bonchev–Trinajstić information content (AvgIpc) is 2.29. The summed E-state index contributed by atoms with van der Waals surface area (Å²) < 4.78 is 45.0. The molecule has 0 spiro atoms. The van der Waals surface area contributed by atoms with Crippen LogP contribution in [0.25, 0.3) is 0 Å². The van der Waals surface area contributed by atoms with Crippen molar-refractivity contribution in [1.82, 2.24) is 5.32 Å². The number of ether oxygens (including phenoxy) is 2. The van der Waals surface area contributed by atoms with Crippen molar-refractivity contribution in [3.63, 3.8) is 0 Å². The molecule has 1 amide bonds. The van der Waals surface area contributed by atoms with Gasteiger partial charge in [-0.3, -0.25) is 4.79 Å². The third-order valence-corrected chi connectivity index (χ3v) is 2.45. The Morgan fingerprint density at radius 3 is 2.43 bits per heavy atom. The van der Waals surface area contributed by atoms with Gasteiger partial charge >= 0.3 is 6.36 Å². The predicted octanol–water partition coefficient (Wildman–Crippen LogP) is 2.32. The smallest absolute Gasteiger partial charge is 0.404 e. The topological polar surface area (TPSA) is 73.6 Å². The number of carbonyl (C=O) groups excluding carboxylic acids is 1. The molecule has 1 aromatic carbocycles. The molecular weight excluding hydrogens is 289 g/mol. The van der Waals surface area contributed by atoms with Gasteiger partial charge in [0, 0.05) is 12.7 Å². The van der Waals surface area contributed by atoms with Gasteiger partial charge in [-0.05, 0) is 32.0 Å². The molecule has 0 aliphatic rings. The van der Waals surface area contributed by atoms with Crippen LogP contribution in [-0.4, -0.2) is 31.5 Å². The van der Waals surface area contributed by atoms with E-state index in [4.69, 9.17) is 10.5 Å². The van der Waals surface area contributed by atoms with E-state index in [9.17, 15) is 18.0 Å². The van der Waals surface area contributed by atoms with Crippen LogP contribution in [0.1, 0.15) is 24.2 Å². The lowest BCUT2D eigenvalue weighted by Crippen LogP contribution is -2.46. The molecule has 0 bridgehead atoms. The molecular formula is C13H17F3N2O3. The third-order valence-electron chi connectivity index (χ3n) is 2.45. The van der Waals surface area contributed by atoms with E-state index in [1.165, 1.54) is 13.2 Å². The number of nitrogen functional groups attached to an aromatic ring is 1. The monoisotopic (exact) mass is 306 g/mol. The maximum Gasteiger partial charge on any atom is 0.573 e. The fourth-order valence-corrected chi connectivity index (χ4v) is 1.68. The highest BCUT2D eigenvalue weighted by molar-refractivity contribution is 5.95. The van der Waals surface area contributed by atoms with E-state index in [1.807, 2.05) is 0 Å². The van der Waals surface area contributed by atoms with Crippen LogP contribution in [-0.2, 0) is 4.74 Å². The second-order valence-electron chi connectivity index (χ2n) is 5.07. The van der Waals surface area contributed by atoms with Gasteiger partial charge in [0.25, 0.3) is 5.91 Å². The molecule has 0 atom stereocenters. The highest BCUT2D eigenvalue weighted by atomic mass is 19.4. The lowest BCUT2D eigenvalue weighted by Gasteiger charge is -2.25. The first kappa shape index (κ1) is 17.1. The summed E-state index contributed by atoms with van der Waals surface area (Å²) in [4.78, 5) is 12.0. The zero-order valence-electron chi connectivity index (χ0n) is 11.9. The molecule has 0 radical (unpaired) electrons. The number of nitrogens with one attached hydrogen (secondary N) is 1. The first-order valence-corrected chi connectivity index (χ1v) is 6.01. The van der Waals surface area contributed by atoms with Crippen LogP contribution in [0.5, 0.6) is 5.75 Å². The second-order valence-corrected chi connectivity index (χ2v) is 5.07. The number of carbonyl (C=O) groups is 1. The van der Waals surface area contributed by atoms with Crippen molar-refractivity contribution in [2.75, 3.05) is 19.5 Å². The average molecular weight is 306 g/mol. The summed E-state index contributed by atoms with van der Waals surface area (Å²) >= 11 is 0. The molecule has 1 rings (SSSR count). The van der Waals surface area contributed by atoms with Crippen LogP contribution in [0.2, 0.25) is 0 Å². The van der Waals surface area contributed by atoms with Crippen LogP contribution in [0.3, 0.4) is 0 Å². The summed E-state index contributed by atoms with van der Waals surface area (Å²) in [5.74, 6) is -1.02. The van der Waals surface area contributed by atoms with Crippen LogP contribution in [0.4, 0.5) is 18.9 Å². The molecule has 0 heterocycles. The zero-order chi connectivity index (χ0) is 16.3. The lowest BCUT2D eigenvalue weighted by atomic mass is 10.1. The molecule has 0 aromatic heterocycles. The van der Waals surface area contributed by atoms with E-state index >= 15 is 0 Å². The largest absolute Gasteiger partial charge is 0.573 e. The molecule has 3 N–H and O–H groups in total. The summed E-state index contributed by atoms with van der Waals surface area (Å²) in [7, 11) is 1.50. The normalized spacial score (nSPS) is 12.1. The van der Waals surface area contributed by atoms with Gasteiger partial charge in [0.05, 0.1) is 17.8 Å². The van der Waals surface area contributed by atoms with Crippen LogP contribution in [0, 0.1) is 0 Å². The lowest BCUT2D eigenvalue weighted by molar-refractivity contribution is -0.274. The van der Waals surface area contributed by atoms with Crippen molar-refractivity contribution in [3.8, 4) is 5.75 Å². The number of alkyl halides is 3. The Kier molecular flexibility index (Phi) is 5.06. The molecule has 118 valence electrons. The van der Waals surface area contributed by atoms with Crippen molar-refractivity contribution in [2.45, 2.75) is 25.7 Å². The summed E-state index contributed by atoms with van der Waals surface area (Å²) in [6, 6.07) is 3.33. The second kappa shape index (κ2) is 6.21. The van der Waals surface area contributed by atoms with Crippen molar-refractivity contribution < 1.29 is 27.4 Å². The molecule has 1 aromatic rings. The molecule has 21 heavy (non-hydrogen) atoms. The number of amides is 1. The first-order valence-electron chi connectivity index (χ1n) is 6.01. The number of halogens is 3. The summed E-state index contributed by atoms with van der Waals surface area (Å²) in [5.41, 5.74) is 4.69. The Labute approximate surface area is 120 Å². The van der Waals surface area contributed by atoms with Gasteiger partial charge in [-0.15, -0.1) is 13.2 Å². The van der Waals surface area contributed by atoms with E-state index in [0.29, 0.717) is 0 Å². The Hall–Kier alpha value is -1.96. The van der Waals surface area contributed by atoms with Gasteiger partial charge in [-0.2, -0.15) is 0 Å². The number of anilines is 1. The highest BCUT2D eigenvalue weighted by Crippen LogP contribution is 2.29. The van der Waals surface area contributed by atoms with E-state index in [2.05, 4.69) is 10.1 Å². The number of methoxy groups -OCH3 is 1. The van der Waals surface area contributed by atoms with Crippen LogP contribution < -0.4 is 15.8 Å². The molecule has 0 aliphatic heterocycles. The molecule has 0 saturated heterocycles. The Balaban J connectivity index is 2.86. The van der Waals surface area contributed by atoms with Crippen molar-refractivity contribution in [1.29, 1.82) is 0 Å².